The van der Waals surface area contributed by atoms with Crippen LogP contribution < -0.4 is 14.8 Å². The number of pyridine rings is 2. The molecule has 0 aliphatic carbocycles. The predicted molar refractivity (Wildman–Crippen MR) is 134 cm³/mol. The molecule has 0 spiro atoms. The third-order valence-corrected chi connectivity index (χ3v) is 5.75. The van der Waals surface area contributed by atoms with E-state index in [9.17, 15) is 0 Å². The monoisotopic (exact) mass is 449 g/mol. The lowest BCUT2D eigenvalue weighted by Gasteiger charge is -2.15. The van der Waals surface area contributed by atoms with E-state index < -0.39 is 0 Å². The molecular formula is C29H27N3O2. The number of ether oxygens (including phenoxy) is 2. The normalized spacial score (nSPS) is 13.2. The van der Waals surface area contributed by atoms with Crippen LogP contribution in [-0.2, 0) is 13.2 Å². The van der Waals surface area contributed by atoms with Crippen molar-refractivity contribution in [3.8, 4) is 22.9 Å². The van der Waals surface area contributed by atoms with Crippen LogP contribution in [0.5, 0.6) is 11.8 Å². The molecule has 0 fully saturated rings. The van der Waals surface area contributed by atoms with Crippen molar-refractivity contribution in [2.75, 3.05) is 13.1 Å². The second kappa shape index (κ2) is 10.8. The third-order valence-electron chi connectivity index (χ3n) is 5.75. The van der Waals surface area contributed by atoms with Gasteiger partial charge in [-0.3, -0.25) is 4.98 Å². The average molecular weight is 450 g/mol. The van der Waals surface area contributed by atoms with Crippen LogP contribution in [0.15, 0.2) is 97.2 Å². The lowest BCUT2D eigenvalue weighted by Crippen LogP contribution is -2.20. The molecule has 0 saturated heterocycles. The topological polar surface area (TPSA) is 56.3 Å². The smallest absolute Gasteiger partial charge is 0.225 e. The zero-order valence-electron chi connectivity index (χ0n) is 19.0. The van der Waals surface area contributed by atoms with Gasteiger partial charge in [-0.15, -0.1) is 0 Å². The van der Waals surface area contributed by atoms with Gasteiger partial charge in [0.2, 0.25) is 11.8 Å². The molecule has 0 radical (unpaired) electrons. The Morgan fingerprint density at radius 2 is 1.50 bits per heavy atom. The van der Waals surface area contributed by atoms with Gasteiger partial charge in [-0.1, -0.05) is 72.8 Å². The Morgan fingerprint density at radius 3 is 2.15 bits per heavy atom. The maximum atomic E-state index is 6.18. The van der Waals surface area contributed by atoms with Crippen molar-refractivity contribution >= 4 is 5.57 Å². The van der Waals surface area contributed by atoms with Gasteiger partial charge in [0.05, 0.1) is 5.69 Å². The average Bonchev–Trinajstić information content (AvgIpc) is 2.92. The maximum absolute atomic E-state index is 6.18. The molecule has 170 valence electrons. The van der Waals surface area contributed by atoms with Gasteiger partial charge >= 0.3 is 0 Å². The second-order valence-corrected chi connectivity index (χ2v) is 8.17. The molecule has 1 aliphatic rings. The van der Waals surface area contributed by atoms with Crippen LogP contribution >= 0.6 is 0 Å². The molecule has 1 aliphatic heterocycles. The molecule has 0 saturated carbocycles. The molecule has 0 atom stereocenters. The zero-order valence-corrected chi connectivity index (χ0v) is 19.0. The van der Waals surface area contributed by atoms with E-state index in [1.165, 1.54) is 5.57 Å². The van der Waals surface area contributed by atoms with E-state index in [1.807, 2.05) is 79.0 Å². The lowest BCUT2D eigenvalue weighted by atomic mass is 10.0. The summed E-state index contributed by atoms with van der Waals surface area (Å²) in [5.74, 6) is 1.06. The maximum Gasteiger partial charge on any atom is 0.225 e. The number of rotatable bonds is 8. The van der Waals surface area contributed by atoms with Crippen molar-refractivity contribution < 1.29 is 9.47 Å². The first-order valence-corrected chi connectivity index (χ1v) is 11.6. The fraction of sp³-hybridized carbons (Fsp3) is 0.172. The Labute approximate surface area is 200 Å². The van der Waals surface area contributed by atoms with Crippen molar-refractivity contribution in [2.24, 2.45) is 0 Å². The van der Waals surface area contributed by atoms with Gasteiger partial charge in [0.15, 0.2) is 0 Å². The highest BCUT2D eigenvalue weighted by Gasteiger charge is 2.13. The predicted octanol–water partition coefficient (Wildman–Crippen LogP) is 5.68. The highest BCUT2D eigenvalue weighted by molar-refractivity contribution is 5.71. The van der Waals surface area contributed by atoms with Crippen LogP contribution in [0, 0.1) is 0 Å². The van der Waals surface area contributed by atoms with Crippen molar-refractivity contribution in [3.05, 3.63) is 114 Å². The molecular weight excluding hydrogens is 422 g/mol. The first-order chi connectivity index (χ1) is 16.8. The molecule has 5 heteroatoms. The standard InChI is InChI=1S/C29H27N3O2/c1-3-7-22(8-4-1)20-33-28-14-12-26(29(32-28)34-21-23-9-5-2-6-10-23)25-11-13-27(31-19-25)24-15-17-30-18-16-24/h1-15,19,30H,16-18,20-21H2. The molecule has 4 aromatic rings. The molecule has 5 nitrogen and oxygen atoms in total. The second-order valence-electron chi connectivity index (χ2n) is 8.17. The van der Waals surface area contributed by atoms with Crippen LogP contribution in [0.25, 0.3) is 16.7 Å². The van der Waals surface area contributed by atoms with Crippen LogP contribution in [-0.4, -0.2) is 23.1 Å². The number of benzene rings is 2. The van der Waals surface area contributed by atoms with Gasteiger partial charge in [0.1, 0.15) is 13.2 Å². The molecule has 2 aromatic carbocycles. The van der Waals surface area contributed by atoms with E-state index in [0.29, 0.717) is 25.0 Å². The molecule has 0 unspecified atom stereocenters. The summed E-state index contributed by atoms with van der Waals surface area (Å²) in [7, 11) is 0. The minimum Gasteiger partial charge on any atom is -0.473 e. The Morgan fingerprint density at radius 1 is 0.765 bits per heavy atom. The van der Waals surface area contributed by atoms with Crippen molar-refractivity contribution in [1.82, 2.24) is 15.3 Å². The Bertz CT molecular complexity index is 1240. The van der Waals surface area contributed by atoms with Crippen LogP contribution in [0.3, 0.4) is 0 Å². The number of hydrogen-bond donors (Lipinski definition) is 1. The van der Waals surface area contributed by atoms with Gasteiger partial charge in [0.25, 0.3) is 0 Å². The van der Waals surface area contributed by atoms with Gasteiger partial charge < -0.3 is 14.8 Å². The lowest BCUT2D eigenvalue weighted by molar-refractivity contribution is 0.268. The fourth-order valence-corrected chi connectivity index (χ4v) is 3.89. The van der Waals surface area contributed by atoms with Crippen LogP contribution in [0.4, 0.5) is 0 Å². The van der Waals surface area contributed by atoms with E-state index in [2.05, 4.69) is 23.5 Å². The molecule has 5 rings (SSSR count). The summed E-state index contributed by atoms with van der Waals surface area (Å²) in [6.45, 7) is 2.76. The van der Waals surface area contributed by atoms with Gasteiger partial charge in [-0.25, -0.2) is 0 Å². The number of aromatic nitrogens is 2. The molecule has 2 aromatic heterocycles. The highest BCUT2D eigenvalue weighted by Crippen LogP contribution is 2.32. The van der Waals surface area contributed by atoms with E-state index in [1.54, 1.807) is 0 Å². The minimum absolute atomic E-state index is 0.425. The summed E-state index contributed by atoms with van der Waals surface area (Å²) in [6.07, 6.45) is 5.10. The Hall–Kier alpha value is -3.96. The summed E-state index contributed by atoms with van der Waals surface area (Å²) in [5.41, 5.74) is 6.33. The zero-order chi connectivity index (χ0) is 23.0. The summed E-state index contributed by atoms with van der Waals surface area (Å²) in [6, 6.07) is 28.2. The molecule has 1 N–H and O–H groups in total. The van der Waals surface area contributed by atoms with Gasteiger partial charge in [-0.05, 0) is 41.8 Å². The number of hydrogen-bond acceptors (Lipinski definition) is 5. The SMILES string of the molecule is C1=C(c2ccc(-c3ccc(OCc4ccccc4)nc3OCc3ccccc3)cn2)CCNC1. The molecule has 0 bridgehead atoms. The van der Waals surface area contributed by atoms with Crippen molar-refractivity contribution in [2.45, 2.75) is 19.6 Å². The van der Waals surface area contributed by atoms with Crippen LogP contribution in [0.2, 0.25) is 0 Å². The molecule has 3 heterocycles. The van der Waals surface area contributed by atoms with Crippen molar-refractivity contribution in [1.29, 1.82) is 0 Å². The van der Waals surface area contributed by atoms with E-state index in [-0.39, 0.29) is 0 Å². The Kier molecular flexibility index (Phi) is 6.93. The summed E-state index contributed by atoms with van der Waals surface area (Å²) in [4.78, 5) is 9.43. The largest absolute Gasteiger partial charge is 0.473 e. The molecule has 0 amide bonds. The van der Waals surface area contributed by atoms with Crippen molar-refractivity contribution in [3.63, 3.8) is 0 Å². The minimum atomic E-state index is 0.425. The van der Waals surface area contributed by atoms with E-state index >= 15 is 0 Å². The Balaban J connectivity index is 1.39. The highest BCUT2D eigenvalue weighted by atomic mass is 16.5. The summed E-state index contributed by atoms with van der Waals surface area (Å²) in [5, 5.41) is 3.34. The van der Waals surface area contributed by atoms with Gasteiger partial charge in [0, 0.05) is 29.9 Å². The summed E-state index contributed by atoms with van der Waals surface area (Å²) < 4.78 is 12.1. The molecule has 34 heavy (non-hydrogen) atoms. The quantitative estimate of drug-likeness (QED) is 0.375. The number of nitrogens with one attached hydrogen (secondary N) is 1. The van der Waals surface area contributed by atoms with E-state index in [4.69, 9.17) is 19.4 Å². The first-order valence-electron chi connectivity index (χ1n) is 11.6. The first kappa shape index (κ1) is 21.9. The third kappa shape index (κ3) is 5.50. The van der Waals surface area contributed by atoms with E-state index in [0.717, 1.165) is 47.5 Å². The van der Waals surface area contributed by atoms with Crippen LogP contribution in [0.1, 0.15) is 23.2 Å². The van der Waals surface area contributed by atoms with Gasteiger partial charge in [-0.2, -0.15) is 4.98 Å². The fourth-order valence-electron chi connectivity index (χ4n) is 3.89. The summed E-state index contributed by atoms with van der Waals surface area (Å²) >= 11 is 0. The number of nitrogens with zero attached hydrogens (tertiary/aromatic N) is 2.